The molecule has 1 aliphatic heterocycles. The van der Waals surface area contributed by atoms with Gasteiger partial charge < -0.3 is 4.42 Å². The van der Waals surface area contributed by atoms with Crippen LogP contribution in [-0.2, 0) is 0 Å². The van der Waals surface area contributed by atoms with Gasteiger partial charge in [-0.2, -0.15) is 5.10 Å². The Balaban J connectivity index is 1.76. The van der Waals surface area contributed by atoms with Crippen LogP contribution in [0.3, 0.4) is 0 Å². The predicted molar refractivity (Wildman–Crippen MR) is 79.1 cm³/mol. The Hall–Kier alpha value is -2.01. The van der Waals surface area contributed by atoms with Gasteiger partial charge in [-0.3, -0.25) is 5.43 Å². The van der Waals surface area contributed by atoms with E-state index in [9.17, 15) is 0 Å². The summed E-state index contributed by atoms with van der Waals surface area (Å²) < 4.78 is 5.32. The largest absolute Gasteiger partial charge is 0.463 e. The fourth-order valence-corrected chi connectivity index (χ4v) is 2.52. The molecule has 1 aliphatic rings. The highest BCUT2D eigenvalue weighted by Gasteiger charge is 2.14. The number of amidine groups is 1. The van der Waals surface area contributed by atoms with E-state index in [0.717, 1.165) is 28.1 Å². The van der Waals surface area contributed by atoms with Crippen LogP contribution in [0, 0.1) is 6.92 Å². The molecule has 1 aromatic heterocycles. The van der Waals surface area contributed by atoms with Crippen LogP contribution in [0.4, 0.5) is 5.69 Å². The van der Waals surface area contributed by atoms with E-state index in [0.29, 0.717) is 0 Å². The van der Waals surface area contributed by atoms with Gasteiger partial charge in [0.1, 0.15) is 5.71 Å². The fraction of sp³-hybridized carbons (Fsp3) is 0.143. The second-order valence-electron chi connectivity index (χ2n) is 4.19. The molecule has 0 bridgehead atoms. The molecule has 19 heavy (non-hydrogen) atoms. The number of aliphatic imine (C=N–C) groups is 1. The summed E-state index contributed by atoms with van der Waals surface area (Å²) in [6, 6.07) is 11.8. The van der Waals surface area contributed by atoms with Crippen LogP contribution in [0.15, 0.2) is 57.2 Å². The van der Waals surface area contributed by atoms with Crippen LogP contribution in [0.5, 0.6) is 0 Å². The van der Waals surface area contributed by atoms with Crippen molar-refractivity contribution in [2.24, 2.45) is 10.1 Å². The Morgan fingerprint density at radius 2 is 2.26 bits per heavy atom. The summed E-state index contributed by atoms with van der Waals surface area (Å²) in [5.74, 6) is 1.56. The summed E-state index contributed by atoms with van der Waals surface area (Å²) in [7, 11) is 0. The van der Waals surface area contributed by atoms with Crippen molar-refractivity contribution in [2.45, 2.75) is 6.92 Å². The summed E-state index contributed by atoms with van der Waals surface area (Å²) in [6.45, 7) is 2.05. The van der Waals surface area contributed by atoms with E-state index in [2.05, 4.69) is 28.5 Å². The van der Waals surface area contributed by atoms with E-state index in [4.69, 9.17) is 4.42 Å². The molecule has 3 rings (SSSR count). The van der Waals surface area contributed by atoms with Gasteiger partial charge in [0.05, 0.1) is 12.0 Å². The molecule has 5 heteroatoms. The first-order valence-electron chi connectivity index (χ1n) is 5.96. The first-order chi connectivity index (χ1) is 9.31. The maximum Gasteiger partial charge on any atom is 0.182 e. The summed E-state index contributed by atoms with van der Waals surface area (Å²) in [4.78, 5) is 4.53. The van der Waals surface area contributed by atoms with Gasteiger partial charge in [0.15, 0.2) is 10.9 Å². The first-order valence-corrected chi connectivity index (χ1v) is 6.94. The van der Waals surface area contributed by atoms with Gasteiger partial charge in [-0.15, -0.1) is 0 Å². The zero-order chi connectivity index (χ0) is 13.1. The zero-order valence-electron chi connectivity index (χ0n) is 10.5. The molecular formula is C14H13N3OS. The lowest BCUT2D eigenvalue weighted by molar-refractivity contribution is 0.556. The van der Waals surface area contributed by atoms with Crippen molar-refractivity contribution in [1.29, 1.82) is 0 Å². The molecule has 0 amide bonds. The highest BCUT2D eigenvalue weighted by molar-refractivity contribution is 8.14. The number of furan rings is 1. The smallest absolute Gasteiger partial charge is 0.182 e. The second-order valence-corrected chi connectivity index (χ2v) is 5.16. The highest BCUT2D eigenvalue weighted by atomic mass is 32.2. The summed E-state index contributed by atoms with van der Waals surface area (Å²) >= 11 is 1.62. The molecule has 0 unspecified atom stereocenters. The Bertz CT molecular complexity index is 632. The average Bonchev–Trinajstić information content (AvgIpc) is 2.94. The molecule has 0 radical (unpaired) electrons. The minimum Gasteiger partial charge on any atom is -0.463 e. The van der Waals surface area contributed by atoms with Crippen molar-refractivity contribution >= 4 is 28.3 Å². The van der Waals surface area contributed by atoms with E-state index >= 15 is 0 Å². The molecular weight excluding hydrogens is 258 g/mol. The molecule has 0 saturated heterocycles. The quantitative estimate of drug-likeness (QED) is 0.911. The van der Waals surface area contributed by atoms with Crippen LogP contribution in [0.25, 0.3) is 0 Å². The van der Waals surface area contributed by atoms with Gasteiger partial charge in [-0.1, -0.05) is 23.9 Å². The van der Waals surface area contributed by atoms with Crippen molar-refractivity contribution in [3.63, 3.8) is 0 Å². The molecule has 96 valence electrons. The standard InChI is InChI=1S/C14H13N3OS/c1-10-4-2-5-11(8-10)15-14-17-16-12(9-19-14)13-6-3-7-18-13/h2-8H,9H2,1H3,(H,15,17). The number of rotatable bonds is 2. The number of thioether (sulfide) groups is 1. The van der Waals surface area contributed by atoms with Crippen LogP contribution < -0.4 is 5.43 Å². The van der Waals surface area contributed by atoms with Crippen molar-refractivity contribution < 1.29 is 4.42 Å². The third kappa shape index (κ3) is 2.88. The number of nitrogens with one attached hydrogen (secondary N) is 1. The van der Waals surface area contributed by atoms with Crippen molar-refractivity contribution in [3.05, 3.63) is 54.0 Å². The van der Waals surface area contributed by atoms with Gasteiger partial charge in [0.2, 0.25) is 0 Å². The molecule has 0 fully saturated rings. The number of hydrogen-bond acceptors (Lipinski definition) is 4. The van der Waals surface area contributed by atoms with E-state index in [-0.39, 0.29) is 0 Å². The number of hydrazone groups is 1. The van der Waals surface area contributed by atoms with Crippen molar-refractivity contribution in [2.75, 3.05) is 5.75 Å². The SMILES string of the molecule is Cc1cccc(N=C2NN=C(c3ccco3)CS2)c1. The minimum atomic E-state index is 0.755. The average molecular weight is 271 g/mol. The van der Waals surface area contributed by atoms with E-state index < -0.39 is 0 Å². The number of nitrogens with zero attached hydrogens (tertiary/aromatic N) is 2. The molecule has 0 spiro atoms. The Morgan fingerprint density at radius 3 is 2.95 bits per heavy atom. The van der Waals surface area contributed by atoms with E-state index in [1.807, 2.05) is 30.3 Å². The first kappa shape index (κ1) is 12.0. The second kappa shape index (κ2) is 5.32. The molecule has 0 aliphatic carbocycles. The summed E-state index contributed by atoms with van der Waals surface area (Å²) in [5, 5.41) is 5.10. The Morgan fingerprint density at radius 1 is 1.32 bits per heavy atom. The fourth-order valence-electron chi connectivity index (χ4n) is 1.76. The van der Waals surface area contributed by atoms with Crippen LogP contribution >= 0.6 is 11.8 Å². The van der Waals surface area contributed by atoms with Gasteiger partial charge in [0.25, 0.3) is 0 Å². The Kier molecular flexibility index (Phi) is 3.37. The van der Waals surface area contributed by atoms with Crippen molar-refractivity contribution in [3.8, 4) is 0 Å². The molecule has 0 atom stereocenters. The molecule has 1 aromatic carbocycles. The minimum absolute atomic E-state index is 0.755. The van der Waals surface area contributed by atoms with Gasteiger partial charge in [0, 0.05) is 5.75 Å². The van der Waals surface area contributed by atoms with Gasteiger partial charge in [-0.05, 0) is 36.8 Å². The third-order valence-corrected chi connectivity index (χ3v) is 3.54. The van der Waals surface area contributed by atoms with Gasteiger partial charge in [-0.25, -0.2) is 4.99 Å². The molecule has 2 heterocycles. The normalized spacial score (nSPS) is 17.1. The van der Waals surface area contributed by atoms with Crippen LogP contribution in [-0.4, -0.2) is 16.6 Å². The lowest BCUT2D eigenvalue weighted by Crippen LogP contribution is -2.24. The monoisotopic (exact) mass is 271 g/mol. The molecule has 1 N–H and O–H groups in total. The molecule has 4 nitrogen and oxygen atoms in total. The zero-order valence-corrected chi connectivity index (χ0v) is 11.3. The maximum absolute atomic E-state index is 5.32. The van der Waals surface area contributed by atoms with Crippen LogP contribution in [0.1, 0.15) is 11.3 Å². The number of hydrogen-bond donors (Lipinski definition) is 1. The molecule has 0 saturated carbocycles. The lowest BCUT2D eigenvalue weighted by atomic mass is 10.2. The van der Waals surface area contributed by atoms with E-state index in [1.165, 1.54) is 5.56 Å². The van der Waals surface area contributed by atoms with E-state index in [1.54, 1.807) is 18.0 Å². The molecule has 2 aromatic rings. The number of benzene rings is 1. The highest BCUT2D eigenvalue weighted by Crippen LogP contribution is 2.19. The number of aryl methyl sites for hydroxylation is 1. The summed E-state index contributed by atoms with van der Waals surface area (Å²) in [6.07, 6.45) is 1.65. The predicted octanol–water partition coefficient (Wildman–Crippen LogP) is 3.32. The van der Waals surface area contributed by atoms with Crippen molar-refractivity contribution in [1.82, 2.24) is 5.43 Å². The Labute approximate surface area is 115 Å². The maximum atomic E-state index is 5.32. The van der Waals surface area contributed by atoms with Gasteiger partial charge >= 0.3 is 0 Å². The lowest BCUT2D eigenvalue weighted by Gasteiger charge is -2.13. The third-order valence-electron chi connectivity index (χ3n) is 2.67. The van der Waals surface area contributed by atoms with Crippen LogP contribution in [0.2, 0.25) is 0 Å². The topological polar surface area (TPSA) is 49.9 Å². The summed E-state index contributed by atoms with van der Waals surface area (Å²) in [5.41, 5.74) is 6.00.